The number of ether oxygens (including phenoxy) is 1. The molecule has 1 aromatic carbocycles. The van der Waals surface area contributed by atoms with E-state index in [1.54, 1.807) is 13.3 Å². The van der Waals surface area contributed by atoms with Crippen LogP contribution in [0.4, 0.5) is 5.69 Å². The summed E-state index contributed by atoms with van der Waals surface area (Å²) in [6, 6.07) is 8.76. The van der Waals surface area contributed by atoms with E-state index < -0.39 is 6.04 Å². The minimum absolute atomic E-state index is 0.214. The number of nitrogens with two attached hydrogens (primary N) is 1. The molecule has 0 saturated carbocycles. The Balaban J connectivity index is 2.15. The molecule has 0 saturated heterocycles. The van der Waals surface area contributed by atoms with Gasteiger partial charge in [-0.2, -0.15) is 0 Å². The van der Waals surface area contributed by atoms with Gasteiger partial charge in [-0.3, -0.25) is 9.78 Å². The van der Waals surface area contributed by atoms with Crippen molar-refractivity contribution in [2.45, 2.75) is 12.5 Å². The van der Waals surface area contributed by atoms with Gasteiger partial charge in [-0.1, -0.05) is 6.07 Å². The second kappa shape index (κ2) is 6.26. The Kier molecular flexibility index (Phi) is 4.43. The molecule has 1 atom stereocenters. The third-order valence-corrected chi connectivity index (χ3v) is 2.87. The van der Waals surface area contributed by atoms with Gasteiger partial charge in [-0.25, -0.2) is 0 Å². The lowest BCUT2D eigenvalue weighted by molar-refractivity contribution is -0.117. The summed E-state index contributed by atoms with van der Waals surface area (Å²) >= 11 is 0. The number of hydrogen-bond donors (Lipinski definition) is 2. The summed E-state index contributed by atoms with van der Waals surface area (Å²) in [4.78, 5) is 16.2. The third-order valence-electron chi connectivity index (χ3n) is 2.87. The standard InChI is InChI=1S/C14H17N3O2/c1-19-9-7-11(15)14(18)17-13-6-2-5-12-10(13)4-3-8-16-12/h2-6,8,11H,7,9,15H2,1H3,(H,17,18). The van der Waals surface area contributed by atoms with Gasteiger partial charge >= 0.3 is 0 Å². The summed E-state index contributed by atoms with van der Waals surface area (Å²) in [5, 5.41) is 3.73. The molecule has 3 N–H and O–H groups in total. The molecule has 2 rings (SSSR count). The van der Waals surface area contributed by atoms with Gasteiger partial charge < -0.3 is 15.8 Å². The topological polar surface area (TPSA) is 77.2 Å². The van der Waals surface area contributed by atoms with Gasteiger partial charge in [-0.15, -0.1) is 0 Å². The molecule has 0 aliphatic carbocycles. The van der Waals surface area contributed by atoms with Crippen LogP contribution in [0, 0.1) is 0 Å². The van der Waals surface area contributed by atoms with Crippen molar-refractivity contribution in [2.24, 2.45) is 5.73 Å². The van der Waals surface area contributed by atoms with Crippen molar-refractivity contribution in [3.8, 4) is 0 Å². The molecule has 2 aromatic rings. The molecule has 19 heavy (non-hydrogen) atoms. The quantitative estimate of drug-likeness (QED) is 0.853. The van der Waals surface area contributed by atoms with Gasteiger partial charge in [-0.05, 0) is 30.7 Å². The summed E-state index contributed by atoms with van der Waals surface area (Å²) in [7, 11) is 1.58. The predicted molar refractivity (Wildman–Crippen MR) is 74.8 cm³/mol. The number of anilines is 1. The smallest absolute Gasteiger partial charge is 0.241 e. The van der Waals surface area contributed by atoms with E-state index in [1.807, 2.05) is 30.3 Å². The fourth-order valence-corrected chi connectivity index (χ4v) is 1.81. The van der Waals surface area contributed by atoms with Gasteiger partial charge in [0.25, 0.3) is 0 Å². The molecular weight excluding hydrogens is 242 g/mol. The SMILES string of the molecule is COCCC(N)C(=O)Nc1cccc2ncccc12. The van der Waals surface area contributed by atoms with Crippen molar-refractivity contribution in [3.05, 3.63) is 36.5 Å². The number of fused-ring (bicyclic) bond motifs is 1. The molecule has 1 heterocycles. The Labute approximate surface area is 111 Å². The van der Waals surface area contributed by atoms with Crippen LogP contribution in [-0.2, 0) is 9.53 Å². The minimum atomic E-state index is -0.577. The summed E-state index contributed by atoms with van der Waals surface area (Å²) in [6.07, 6.45) is 2.21. The van der Waals surface area contributed by atoms with E-state index in [0.717, 1.165) is 16.6 Å². The summed E-state index contributed by atoms with van der Waals surface area (Å²) in [5.74, 6) is -0.214. The lowest BCUT2D eigenvalue weighted by Crippen LogP contribution is -2.36. The number of rotatable bonds is 5. The molecule has 1 amide bonds. The lowest BCUT2D eigenvalue weighted by Gasteiger charge is -2.13. The number of carbonyl (C=O) groups is 1. The number of amides is 1. The van der Waals surface area contributed by atoms with Crippen LogP contribution in [0.3, 0.4) is 0 Å². The summed E-state index contributed by atoms with van der Waals surface area (Å²) in [5.41, 5.74) is 7.35. The number of benzene rings is 1. The van der Waals surface area contributed by atoms with Crippen LogP contribution in [0.5, 0.6) is 0 Å². The van der Waals surface area contributed by atoms with Crippen molar-refractivity contribution in [2.75, 3.05) is 19.0 Å². The number of aromatic nitrogens is 1. The average molecular weight is 259 g/mol. The van der Waals surface area contributed by atoms with E-state index >= 15 is 0 Å². The highest BCUT2D eigenvalue weighted by Crippen LogP contribution is 2.21. The van der Waals surface area contributed by atoms with E-state index in [4.69, 9.17) is 10.5 Å². The van der Waals surface area contributed by atoms with Gasteiger partial charge in [0.05, 0.1) is 17.2 Å². The van der Waals surface area contributed by atoms with Crippen molar-refractivity contribution in [1.82, 2.24) is 4.98 Å². The Morgan fingerprint density at radius 3 is 3.05 bits per heavy atom. The number of carbonyl (C=O) groups excluding carboxylic acids is 1. The van der Waals surface area contributed by atoms with Crippen molar-refractivity contribution in [1.29, 1.82) is 0 Å². The van der Waals surface area contributed by atoms with Crippen molar-refractivity contribution < 1.29 is 9.53 Å². The third kappa shape index (κ3) is 3.27. The number of nitrogens with one attached hydrogen (secondary N) is 1. The fraction of sp³-hybridized carbons (Fsp3) is 0.286. The molecule has 0 radical (unpaired) electrons. The summed E-state index contributed by atoms with van der Waals surface area (Å²) < 4.78 is 4.91. The predicted octanol–water partition coefficient (Wildman–Crippen LogP) is 1.54. The molecule has 0 spiro atoms. The minimum Gasteiger partial charge on any atom is -0.385 e. The number of nitrogens with zero attached hydrogens (tertiary/aromatic N) is 1. The lowest BCUT2D eigenvalue weighted by atomic mass is 10.1. The zero-order chi connectivity index (χ0) is 13.7. The maximum Gasteiger partial charge on any atom is 0.241 e. The number of hydrogen-bond acceptors (Lipinski definition) is 4. The first-order chi connectivity index (χ1) is 9.22. The maximum absolute atomic E-state index is 11.9. The van der Waals surface area contributed by atoms with Gasteiger partial charge in [0.2, 0.25) is 5.91 Å². The zero-order valence-electron chi connectivity index (χ0n) is 10.8. The van der Waals surface area contributed by atoms with Crippen molar-refractivity contribution >= 4 is 22.5 Å². The maximum atomic E-state index is 11.9. The first-order valence-corrected chi connectivity index (χ1v) is 6.11. The van der Waals surface area contributed by atoms with Crippen LogP contribution in [0.2, 0.25) is 0 Å². The van der Waals surface area contributed by atoms with Crippen LogP contribution in [0.15, 0.2) is 36.5 Å². The fourth-order valence-electron chi connectivity index (χ4n) is 1.81. The van der Waals surface area contributed by atoms with Crippen LogP contribution >= 0.6 is 0 Å². The van der Waals surface area contributed by atoms with Crippen molar-refractivity contribution in [3.63, 3.8) is 0 Å². The molecule has 1 unspecified atom stereocenters. The zero-order valence-corrected chi connectivity index (χ0v) is 10.8. The van der Waals surface area contributed by atoms with Gasteiger partial charge in [0.1, 0.15) is 0 Å². The largest absolute Gasteiger partial charge is 0.385 e. The van der Waals surface area contributed by atoms with E-state index in [9.17, 15) is 4.79 Å². The molecule has 0 aliphatic heterocycles. The molecule has 0 aliphatic rings. The Bertz CT molecular complexity index is 566. The second-order valence-electron chi connectivity index (χ2n) is 4.25. The molecule has 5 nitrogen and oxygen atoms in total. The van der Waals surface area contributed by atoms with E-state index in [2.05, 4.69) is 10.3 Å². The molecule has 100 valence electrons. The van der Waals surface area contributed by atoms with E-state index in [-0.39, 0.29) is 5.91 Å². The number of pyridine rings is 1. The Morgan fingerprint density at radius 1 is 1.42 bits per heavy atom. The van der Waals surface area contributed by atoms with Crippen LogP contribution < -0.4 is 11.1 Å². The molecule has 0 bridgehead atoms. The van der Waals surface area contributed by atoms with E-state index in [0.29, 0.717) is 13.0 Å². The monoisotopic (exact) mass is 259 g/mol. The van der Waals surface area contributed by atoms with Crippen LogP contribution in [0.1, 0.15) is 6.42 Å². The Morgan fingerprint density at radius 2 is 2.26 bits per heavy atom. The first-order valence-electron chi connectivity index (χ1n) is 6.11. The second-order valence-corrected chi connectivity index (χ2v) is 4.25. The normalized spacial score (nSPS) is 12.3. The molecule has 5 heteroatoms. The highest BCUT2D eigenvalue weighted by Gasteiger charge is 2.14. The molecule has 0 fully saturated rings. The molecule has 1 aromatic heterocycles. The van der Waals surface area contributed by atoms with Crippen LogP contribution in [-0.4, -0.2) is 30.6 Å². The first kappa shape index (κ1) is 13.5. The average Bonchev–Trinajstić information content (AvgIpc) is 2.45. The highest BCUT2D eigenvalue weighted by molar-refractivity contribution is 6.02. The van der Waals surface area contributed by atoms with Crippen LogP contribution in [0.25, 0.3) is 10.9 Å². The summed E-state index contributed by atoms with van der Waals surface area (Å²) in [6.45, 7) is 0.464. The van der Waals surface area contributed by atoms with E-state index in [1.165, 1.54) is 0 Å². The Hall–Kier alpha value is -1.98. The van der Waals surface area contributed by atoms with Gasteiger partial charge in [0, 0.05) is 25.3 Å². The number of methoxy groups -OCH3 is 1. The van der Waals surface area contributed by atoms with Gasteiger partial charge in [0.15, 0.2) is 0 Å². The molecular formula is C14H17N3O2. The highest BCUT2D eigenvalue weighted by atomic mass is 16.5.